The molecule has 3 rings (SSSR count). The van der Waals surface area contributed by atoms with Crippen molar-refractivity contribution < 1.29 is 4.74 Å². The molecular formula is C16H23NO. The van der Waals surface area contributed by atoms with Gasteiger partial charge in [-0.1, -0.05) is 25.1 Å². The predicted molar refractivity (Wildman–Crippen MR) is 73.8 cm³/mol. The molecule has 2 nitrogen and oxygen atoms in total. The van der Waals surface area contributed by atoms with Gasteiger partial charge in [0, 0.05) is 11.1 Å². The fourth-order valence-electron chi connectivity index (χ4n) is 3.33. The fourth-order valence-corrected chi connectivity index (χ4v) is 3.33. The van der Waals surface area contributed by atoms with Gasteiger partial charge in [-0.05, 0) is 50.0 Å². The maximum absolute atomic E-state index is 6.69. The molecule has 1 aliphatic heterocycles. The minimum atomic E-state index is -0.158. The number of rotatable bonds is 1. The van der Waals surface area contributed by atoms with Crippen LogP contribution >= 0.6 is 0 Å². The number of fused-ring (bicyclic) bond motifs is 1. The minimum Gasteiger partial charge on any atom is -0.493 e. The highest BCUT2D eigenvalue weighted by Crippen LogP contribution is 2.43. The number of nitrogens with two attached hydrogens (primary N) is 1. The number of hydrogen-bond acceptors (Lipinski definition) is 2. The van der Waals surface area contributed by atoms with Crippen molar-refractivity contribution in [2.45, 2.75) is 51.0 Å². The molecule has 0 amide bonds. The van der Waals surface area contributed by atoms with Gasteiger partial charge in [-0.3, -0.25) is 0 Å². The Morgan fingerprint density at radius 1 is 1.28 bits per heavy atom. The molecule has 2 aliphatic rings. The van der Waals surface area contributed by atoms with Gasteiger partial charge in [0.25, 0.3) is 0 Å². The van der Waals surface area contributed by atoms with Gasteiger partial charge in [0.15, 0.2) is 0 Å². The molecule has 1 aliphatic carbocycles. The quantitative estimate of drug-likeness (QED) is 0.823. The van der Waals surface area contributed by atoms with E-state index < -0.39 is 0 Å². The first-order valence-corrected chi connectivity index (χ1v) is 7.23. The molecule has 1 heterocycles. The molecule has 0 saturated heterocycles. The molecule has 1 aromatic rings. The summed E-state index contributed by atoms with van der Waals surface area (Å²) in [6.07, 6.45) is 6.92. The van der Waals surface area contributed by atoms with Crippen LogP contribution in [0.25, 0.3) is 0 Å². The molecule has 98 valence electrons. The van der Waals surface area contributed by atoms with Gasteiger partial charge in [-0.15, -0.1) is 0 Å². The van der Waals surface area contributed by atoms with Crippen LogP contribution in [0, 0.1) is 5.92 Å². The van der Waals surface area contributed by atoms with E-state index in [0.29, 0.717) is 0 Å². The summed E-state index contributed by atoms with van der Waals surface area (Å²) >= 11 is 0. The Balaban J connectivity index is 1.96. The van der Waals surface area contributed by atoms with E-state index in [1.54, 1.807) is 0 Å². The number of aryl methyl sites for hydroxylation is 1. The maximum atomic E-state index is 6.69. The first kappa shape index (κ1) is 12.0. The van der Waals surface area contributed by atoms with Crippen molar-refractivity contribution >= 4 is 0 Å². The van der Waals surface area contributed by atoms with Crippen LogP contribution in [0.2, 0.25) is 0 Å². The summed E-state index contributed by atoms with van der Waals surface area (Å²) in [5, 5.41) is 0. The second kappa shape index (κ2) is 4.58. The smallest absolute Gasteiger partial charge is 0.127 e. The van der Waals surface area contributed by atoms with E-state index in [1.807, 2.05) is 0 Å². The third-order valence-electron chi connectivity index (χ3n) is 4.64. The lowest BCUT2D eigenvalue weighted by Gasteiger charge is -2.38. The van der Waals surface area contributed by atoms with Crippen LogP contribution in [0.5, 0.6) is 5.75 Å². The van der Waals surface area contributed by atoms with Gasteiger partial charge >= 0.3 is 0 Å². The lowest BCUT2D eigenvalue weighted by Crippen LogP contribution is -2.40. The normalized spacial score (nSPS) is 31.6. The molecule has 0 spiro atoms. The first-order chi connectivity index (χ1) is 8.69. The summed E-state index contributed by atoms with van der Waals surface area (Å²) in [5.74, 6) is 1.92. The topological polar surface area (TPSA) is 35.2 Å². The molecule has 1 fully saturated rings. The van der Waals surface area contributed by atoms with Gasteiger partial charge < -0.3 is 10.5 Å². The lowest BCUT2D eigenvalue weighted by molar-refractivity contribution is 0.228. The summed E-state index contributed by atoms with van der Waals surface area (Å²) in [6.45, 7) is 3.17. The Bertz CT molecular complexity index is 433. The molecule has 1 aromatic carbocycles. The molecule has 2 N–H and O–H groups in total. The van der Waals surface area contributed by atoms with Crippen molar-refractivity contribution in [3.63, 3.8) is 0 Å². The van der Waals surface area contributed by atoms with Gasteiger partial charge in [-0.2, -0.15) is 0 Å². The Morgan fingerprint density at radius 2 is 2.06 bits per heavy atom. The molecule has 1 saturated carbocycles. The van der Waals surface area contributed by atoms with Crippen LogP contribution in [0.3, 0.4) is 0 Å². The van der Waals surface area contributed by atoms with E-state index in [9.17, 15) is 0 Å². The Morgan fingerprint density at radius 3 is 2.83 bits per heavy atom. The van der Waals surface area contributed by atoms with E-state index in [4.69, 9.17) is 10.5 Å². The molecular weight excluding hydrogens is 222 g/mol. The summed E-state index contributed by atoms with van der Waals surface area (Å²) in [5.41, 5.74) is 9.13. The fraction of sp³-hybridized carbons (Fsp3) is 0.625. The molecule has 0 bridgehead atoms. The average molecular weight is 245 g/mol. The number of para-hydroxylation sites is 1. The standard InChI is InChI=1S/C16H23NO/c1-12-7-9-16(17,10-8-12)14-6-2-4-13-5-3-11-18-15(13)14/h2,4,6,12H,3,5,7-11,17H2,1H3. The van der Waals surface area contributed by atoms with Crippen LogP contribution in [0.15, 0.2) is 18.2 Å². The summed E-state index contributed by atoms with van der Waals surface area (Å²) in [7, 11) is 0. The predicted octanol–water partition coefficient (Wildman–Crippen LogP) is 3.38. The van der Waals surface area contributed by atoms with E-state index in [2.05, 4.69) is 25.1 Å². The second-order valence-electron chi connectivity index (χ2n) is 6.08. The summed E-state index contributed by atoms with van der Waals surface area (Å²) in [6, 6.07) is 6.52. The monoisotopic (exact) mass is 245 g/mol. The zero-order valence-electron chi connectivity index (χ0n) is 11.2. The highest BCUT2D eigenvalue weighted by atomic mass is 16.5. The van der Waals surface area contributed by atoms with Crippen LogP contribution in [0.4, 0.5) is 0 Å². The van der Waals surface area contributed by atoms with Gasteiger partial charge in [-0.25, -0.2) is 0 Å². The molecule has 0 aromatic heterocycles. The van der Waals surface area contributed by atoms with Crippen LogP contribution in [0.1, 0.15) is 50.2 Å². The molecule has 0 atom stereocenters. The Labute approximate surface area is 110 Å². The van der Waals surface area contributed by atoms with Crippen molar-refractivity contribution in [2.75, 3.05) is 6.61 Å². The zero-order valence-corrected chi connectivity index (χ0v) is 11.2. The SMILES string of the molecule is CC1CCC(N)(c2cccc3c2OCCC3)CC1. The number of hydrogen-bond donors (Lipinski definition) is 1. The Hall–Kier alpha value is -1.02. The van der Waals surface area contributed by atoms with Crippen molar-refractivity contribution in [3.05, 3.63) is 29.3 Å². The van der Waals surface area contributed by atoms with Crippen molar-refractivity contribution in [1.82, 2.24) is 0 Å². The van der Waals surface area contributed by atoms with E-state index in [0.717, 1.165) is 44.0 Å². The number of ether oxygens (including phenoxy) is 1. The molecule has 18 heavy (non-hydrogen) atoms. The summed E-state index contributed by atoms with van der Waals surface area (Å²) < 4.78 is 5.92. The van der Waals surface area contributed by atoms with Crippen molar-refractivity contribution in [1.29, 1.82) is 0 Å². The average Bonchev–Trinajstić information content (AvgIpc) is 2.42. The van der Waals surface area contributed by atoms with Gasteiger partial charge in [0.1, 0.15) is 5.75 Å². The van der Waals surface area contributed by atoms with Gasteiger partial charge in [0.05, 0.1) is 6.61 Å². The van der Waals surface area contributed by atoms with Gasteiger partial charge in [0.2, 0.25) is 0 Å². The zero-order chi connectivity index (χ0) is 12.6. The van der Waals surface area contributed by atoms with Crippen molar-refractivity contribution in [3.8, 4) is 5.75 Å². The van der Waals surface area contributed by atoms with E-state index >= 15 is 0 Å². The minimum absolute atomic E-state index is 0.158. The highest BCUT2D eigenvalue weighted by Gasteiger charge is 2.35. The first-order valence-electron chi connectivity index (χ1n) is 7.23. The third-order valence-corrected chi connectivity index (χ3v) is 4.64. The molecule has 2 heteroatoms. The highest BCUT2D eigenvalue weighted by molar-refractivity contribution is 5.46. The van der Waals surface area contributed by atoms with Crippen LogP contribution < -0.4 is 10.5 Å². The maximum Gasteiger partial charge on any atom is 0.127 e. The van der Waals surface area contributed by atoms with Crippen LogP contribution in [-0.2, 0) is 12.0 Å². The largest absolute Gasteiger partial charge is 0.493 e. The summed E-state index contributed by atoms with van der Waals surface area (Å²) in [4.78, 5) is 0. The third kappa shape index (κ3) is 2.03. The van der Waals surface area contributed by atoms with Crippen LogP contribution in [-0.4, -0.2) is 6.61 Å². The lowest BCUT2D eigenvalue weighted by atomic mass is 9.73. The van der Waals surface area contributed by atoms with Crippen molar-refractivity contribution in [2.24, 2.45) is 11.7 Å². The molecule has 0 radical (unpaired) electrons. The van der Waals surface area contributed by atoms with E-state index in [1.165, 1.54) is 24.0 Å². The Kier molecular flexibility index (Phi) is 3.06. The number of benzene rings is 1. The molecule has 0 unspecified atom stereocenters. The second-order valence-corrected chi connectivity index (χ2v) is 6.08. The van der Waals surface area contributed by atoms with E-state index in [-0.39, 0.29) is 5.54 Å².